The zero-order valence-electron chi connectivity index (χ0n) is 12.3. The molecule has 1 aromatic heterocycles. The van der Waals surface area contributed by atoms with Crippen LogP contribution in [0.15, 0.2) is 6.07 Å². The number of aromatic nitrogens is 2. The molecule has 0 aromatic carbocycles. The van der Waals surface area contributed by atoms with E-state index in [4.69, 9.17) is 0 Å². The lowest BCUT2D eigenvalue weighted by atomic mass is 9.97. The number of hydrogen-bond acceptors (Lipinski definition) is 4. The number of nitrogens with zero attached hydrogens (tertiary/aromatic N) is 3. The van der Waals surface area contributed by atoms with Crippen molar-refractivity contribution in [1.82, 2.24) is 15.3 Å². The average molecular weight is 262 g/mol. The van der Waals surface area contributed by atoms with Crippen molar-refractivity contribution in [1.29, 1.82) is 0 Å². The van der Waals surface area contributed by atoms with Crippen molar-refractivity contribution in [2.24, 2.45) is 5.92 Å². The molecule has 1 N–H and O–H groups in total. The van der Waals surface area contributed by atoms with Gasteiger partial charge >= 0.3 is 0 Å². The smallest absolute Gasteiger partial charge is 0.227 e. The van der Waals surface area contributed by atoms with Crippen molar-refractivity contribution in [3.8, 4) is 0 Å². The van der Waals surface area contributed by atoms with Gasteiger partial charge in [0.05, 0.1) is 5.92 Å². The van der Waals surface area contributed by atoms with Gasteiger partial charge in [-0.3, -0.25) is 4.79 Å². The molecule has 0 unspecified atom stereocenters. The first-order valence-electron chi connectivity index (χ1n) is 6.64. The van der Waals surface area contributed by atoms with Crippen LogP contribution in [0, 0.1) is 19.8 Å². The van der Waals surface area contributed by atoms with E-state index in [1.807, 2.05) is 45.6 Å². The largest absolute Gasteiger partial charge is 0.351 e. The van der Waals surface area contributed by atoms with E-state index in [1.54, 1.807) is 0 Å². The summed E-state index contributed by atoms with van der Waals surface area (Å²) in [6.07, 6.45) is 0. The Labute approximate surface area is 114 Å². The number of anilines is 1. The standard InChI is InChI=1S/C14H22N4O/c1-9-6-10(2)16-13(15-9)18-7-11(8-18)12(19)17-14(3,4)5/h6,11H,7-8H2,1-5H3,(H,17,19). The molecule has 1 aliphatic heterocycles. The van der Waals surface area contributed by atoms with Gasteiger partial charge in [0.15, 0.2) is 0 Å². The number of amides is 1. The van der Waals surface area contributed by atoms with E-state index in [2.05, 4.69) is 15.3 Å². The molecule has 0 aliphatic carbocycles. The predicted molar refractivity (Wildman–Crippen MR) is 75.1 cm³/mol. The number of rotatable bonds is 2. The molecule has 1 amide bonds. The van der Waals surface area contributed by atoms with Crippen LogP contribution >= 0.6 is 0 Å². The molecular weight excluding hydrogens is 240 g/mol. The topological polar surface area (TPSA) is 58.1 Å². The molecule has 5 heteroatoms. The van der Waals surface area contributed by atoms with E-state index in [0.29, 0.717) is 13.1 Å². The summed E-state index contributed by atoms with van der Waals surface area (Å²) in [5, 5.41) is 3.01. The Morgan fingerprint density at radius 3 is 2.26 bits per heavy atom. The zero-order valence-corrected chi connectivity index (χ0v) is 12.3. The van der Waals surface area contributed by atoms with Gasteiger partial charge in [-0.25, -0.2) is 9.97 Å². The molecule has 104 valence electrons. The molecule has 2 rings (SSSR count). The maximum Gasteiger partial charge on any atom is 0.227 e. The maximum absolute atomic E-state index is 12.0. The molecule has 1 aliphatic rings. The fourth-order valence-corrected chi connectivity index (χ4v) is 2.13. The summed E-state index contributed by atoms with van der Waals surface area (Å²) >= 11 is 0. The van der Waals surface area contributed by atoms with E-state index in [1.165, 1.54) is 0 Å². The van der Waals surface area contributed by atoms with Crippen LogP contribution in [0.5, 0.6) is 0 Å². The number of carbonyl (C=O) groups is 1. The summed E-state index contributed by atoms with van der Waals surface area (Å²) < 4.78 is 0. The van der Waals surface area contributed by atoms with Gasteiger partial charge in [-0.1, -0.05) is 0 Å². The van der Waals surface area contributed by atoms with Gasteiger partial charge in [0.1, 0.15) is 0 Å². The third kappa shape index (κ3) is 3.43. The van der Waals surface area contributed by atoms with Crippen molar-refractivity contribution in [2.75, 3.05) is 18.0 Å². The molecule has 0 radical (unpaired) electrons. The molecule has 2 heterocycles. The second-order valence-electron chi connectivity index (χ2n) is 6.29. The van der Waals surface area contributed by atoms with Crippen molar-refractivity contribution in [2.45, 2.75) is 40.2 Å². The second-order valence-corrected chi connectivity index (χ2v) is 6.29. The summed E-state index contributed by atoms with van der Waals surface area (Å²) in [7, 11) is 0. The Bertz CT molecular complexity index is 466. The first kappa shape index (κ1) is 13.8. The number of carbonyl (C=O) groups excluding carboxylic acids is 1. The molecule has 0 spiro atoms. The molecule has 1 saturated heterocycles. The van der Waals surface area contributed by atoms with Crippen LogP contribution in [0.25, 0.3) is 0 Å². The van der Waals surface area contributed by atoms with E-state index in [9.17, 15) is 4.79 Å². The van der Waals surface area contributed by atoms with Crippen molar-refractivity contribution in [3.05, 3.63) is 17.5 Å². The fourth-order valence-electron chi connectivity index (χ4n) is 2.13. The Morgan fingerprint density at radius 2 is 1.79 bits per heavy atom. The molecular formula is C14H22N4O. The minimum atomic E-state index is -0.173. The molecule has 1 fully saturated rings. The molecule has 19 heavy (non-hydrogen) atoms. The van der Waals surface area contributed by atoms with Crippen molar-refractivity contribution >= 4 is 11.9 Å². The molecule has 0 saturated carbocycles. The second kappa shape index (κ2) is 4.79. The van der Waals surface area contributed by atoms with Gasteiger partial charge in [0, 0.05) is 30.0 Å². The first-order chi connectivity index (χ1) is 8.74. The Hall–Kier alpha value is -1.65. The maximum atomic E-state index is 12.0. The van der Waals surface area contributed by atoms with Crippen LogP contribution in [0.4, 0.5) is 5.95 Å². The average Bonchev–Trinajstić information content (AvgIpc) is 2.09. The normalized spacial score (nSPS) is 16.2. The van der Waals surface area contributed by atoms with E-state index in [0.717, 1.165) is 17.3 Å². The first-order valence-corrected chi connectivity index (χ1v) is 6.64. The Kier molecular flexibility index (Phi) is 3.47. The highest BCUT2D eigenvalue weighted by molar-refractivity contribution is 5.82. The van der Waals surface area contributed by atoms with E-state index < -0.39 is 0 Å². The van der Waals surface area contributed by atoms with Gasteiger partial charge in [-0.2, -0.15) is 0 Å². The highest BCUT2D eigenvalue weighted by atomic mass is 16.2. The van der Waals surface area contributed by atoms with Crippen LogP contribution < -0.4 is 10.2 Å². The minimum absolute atomic E-state index is 0.0450. The lowest BCUT2D eigenvalue weighted by Crippen LogP contribution is -2.57. The van der Waals surface area contributed by atoms with Gasteiger partial charge in [-0.15, -0.1) is 0 Å². The third-order valence-corrected chi connectivity index (χ3v) is 3.00. The summed E-state index contributed by atoms with van der Waals surface area (Å²) in [4.78, 5) is 22.8. The molecule has 0 bridgehead atoms. The van der Waals surface area contributed by atoms with Crippen LogP contribution in [-0.4, -0.2) is 34.5 Å². The van der Waals surface area contributed by atoms with Gasteiger partial charge < -0.3 is 10.2 Å². The highest BCUT2D eigenvalue weighted by Gasteiger charge is 2.35. The van der Waals surface area contributed by atoms with Gasteiger partial charge in [0.25, 0.3) is 0 Å². The molecule has 0 atom stereocenters. The lowest BCUT2D eigenvalue weighted by molar-refractivity contribution is -0.127. The summed E-state index contributed by atoms with van der Waals surface area (Å²) in [6.45, 7) is 11.3. The van der Waals surface area contributed by atoms with E-state index >= 15 is 0 Å². The summed E-state index contributed by atoms with van der Waals surface area (Å²) in [6, 6.07) is 1.95. The zero-order chi connectivity index (χ0) is 14.2. The van der Waals surface area contributed by atoms with E-state index in [-0.39, 0.29) is 17.4 Å². The predicted octanol–water partition coefficient (Wildman–Crippen LogP) is 1.44. The van der Waals surface area contributed by atoms with Crippen molar-refractivity contribution in [3.63, 3.8) is 0 Å². The number of nitrogens with one attached hydrogen (secondary N) is 1. The lowest BCUT2D eigenvalue weighted by Gasteiger charge is -2.39. The van der Waals surface area contributed by atoms with Crippen molar-refractivity contribution < 1.29 is 4.79 Å². The van der Waals surface area contributed by atoms with Crippen LogP contribution in [0.1, 0.15) is 32.2 Å². The third-order valence-electron chi connectivity index (χ3n) is 3.00. The fraction of sp³-hybridized carbons (Fsp3) is 0.643. The Morgan fingerprint density at radius 1 is 1.26 bits per heavy atom. The van der Waals surface area contributed by atoms with Gasteiger partial charge in [0.2, 0.25) is 11.9 Å². The quantitative estimate of drug-likeness (QED) is 0.876. The van der Waals surface area contributed by atoms with Crippen LogP contribution in [0.3, 0.4) is 0 Å². The minimum Gasteiger partial charge on any atom is -0.351 e. The monoisotopic (exact) mass is 262 g/mol. The Balaban J connectivity index is 1.94. The van der Waals surface area contributed by atoms with Crippen LogP contribution in [-0.2, 0) is 4.79 Å². The summed E-state index contributed by atoms with van der Waals surface area (Å²) in [5.41, 5.74) is 1.75. The van der Waals surface area contributed by atoms with Crippen LogP contribution in [0.2, 0.25) is 0 Å². The molecule has 5 nitrogen and oxygen atoms in total. The summed E-state index contributed by atoms with van der Waals surface area (Å²) in [5.74, 6) is 0.897. The number of hydrogen-bond donors (Lipinski definition) is 1. The highest BCUT2D eigenvalue weighted by Crippen LogP contribution is 2.22. The van der Waals surface area contributed by atoms with Gasteiger partial charge in [-0.05, 0) is 40.7 Å². The molecule has 1 aromatic rings. The number of aryl methyl sites for hydroxylation is 2. The SMILES string of the molecule is Cc1cc(C)nc(N2CC(C(=O)NC(C)(C)C)C2)n1.